The molecule has 3 rings (SSSR count). The average molecular weight is 678 g/mol. The van der Waals surface area contributed by atoms with Crippen LogP contribution >= 0.6 is 0 Å². The molecule has 7 heteroatoms. The Labute approximate surface area is 301 Å². The lowest BCUT2D eigenvalue weighted by Gasteiger charge is -2.23. The van der Waals surface area contributed by atoms with Gasteiger partial charge in [-0.2, -0.15) is 0 Å². The maximum absolute atomic E-state index is 4.90. The van der Waals surface area contributed by atoms with E-state index in [1.807, 2.05) is 0 Å². The van der Waals surface area contributed by atoms with Gasteiger partial charge >= 0.3 is 0 Å². The lowest BCUT2D eigenvalue weighted by Crippen LogP contribution is -2.29. The highest BCUT2D eigenvalue weighted by atomic mass is 15.1. The molecule has 49 heavy (non-hydrogen) atoms. The largest absolute Gasteiger partial charge is 0.332 e. The van der Waals surface area contributed by atoms with Crippen LogP contribution in [0.15, 0.2) is 18.6 Å². The summed E-state index contributed by atoms with van der Waals surface area (Å²) in [7, 11) is 0. The summed E-state index contributed by atoms with van der Waals surface area (Å²) in [5, 5.41) is 0. The number of rotatable bonds is 30. The molecule has 0 aliphatic carbocycles. The topological polar surface area (TPSA) is 56.7 Å². The van der Waals surface area contributed by atoms with Crippen molar-refractivity contribution in [1.29, 1.82) is 0 Å². The van der Waals surface area contributed by atoms with Crippen molar-refractivity contribution in [3.05, 3.63) is 53.1 Å². The molecule has 3 aromatic rings. The van der Waals surface area contributed by atoms with Crippen molar-refractivity contribution in [2.24, 2.45) is 0 Å². The lowest BCUT2D eigenvalue weighted by atomic mass is 10.1. The summed E-state index contributed by atoms with van der Waals surface area (Å²) in [5.41, 5.74) is 4.33. The molecule has 7 nitrogen and oxygen atoms in total. The van der Waals surface area contributed by atoms with Crippen LogP contribution < -0.4 is 0 Å². The quantitative estimate of drug-likeness (QED) is 0.0705. The van der Waals surface area contributed by atoms with Gasteiger partial charge in [-0.25, -0.2) is 15.0 Å². The molecule has 278 valence electrons. The third-order valence-corrected chi connectivity index (χ3v) is 10.3. The van der Waals surface area contributed by atoms with Gasteiger partial charge in [-0.05, 0) is 96.7 Å². The van der Waals surface area contributed by atoms with E-state index in [0.29, 0.717) is 0 Å². The molecule has 0 unspecified atom stereocenters. The smallest absolute Gasteiger partial charge is 0.108 e. The van der Waals surface area contributed by atoms with Crippen molar-refractivity contribution in [2.75, 3.05) is 19.6 Å². The first-order chi connectivity index (χ1) is 24.1. The number of unbranched alkanes of at least 4 members (excludes halogenated alkanes) is 6. The molecule has 0 saturated carbocycles. The van der Waals surface area contributed by atoms with Gasteiger partial charge in [-0.3, -0.25) is 0 Å². The van der Waals surface area contributed by atoms with Gasteiger partial charge in [0.15, 0.2) is 0 Å². The van der Waals surface area contributed by atoms with E-state index in [1.54, 1.807) is 0 Å². The Hall–Kier alpha value is -2.41. The Bertz CT molecular complexity index is 1100. The Balaban J connectivity index is 1.67. The number of hydrogen-bond donors (Lipinski definition) is 0. The van der Waals surface area contributed by atoms with E-state index in [-0.39, 0.29) is 0 Å². The molecular weight excluding hydrogens is 603 g/mol. The van der Waals surface area contributed by atoms with E-state index < -0.39 is 0 Å². The van der Waals surface area contributed by atoms with Crippen LogP contribution in [0.25, 0.3) is 0 Å². The number of aromatic nitrogens is 6. The fourth-order valence-electron chi connectivity index (χ4n) is 7.12. The first-order valence-electron chi connectivity index (χ1n) is 20.9. The zero-order chi connectivity index (χ0) is 35.1. The molecule has 0 fully saturated rings. The zero-order valence-corrected chi connectivity index (χ0v) is 33.0. The monoisotopic (exact) mass is 678 g/mol. The van der Waals surface area contributed by atoms with Crippen molar-refractivity contribution in [1.82, 2.24) is 33.6 Å². The number of imidazole rings is 3. The highest BCUT2D eigenvalue weighted by molar-refractivity contribution is 5.09. The SMILES string of the molecule is CCCCc1ncc(CCCN(CCCc2cnc(CCCC)n2CCCC)CCCc2cnc(CCCC)n2CCCC)n1CCCC. The summed E-state index contributed by atoms with van der Waals surface area (Å²) in [5.74, 6) is 3.91. The Morgan fingerprint density at radius 2 is 0.673 bits per heavy atom. The van der Waals surface area contributed by atoms with Crippen molar-refractivity contribution < 1.29 is 0 Å². The molecule has 0 aromatic carbocycles. The molecule has 0 saturated heterocycles. The lowest BCUT2D eigenvalue weighted by molar-refractivity contribution is 0.262. The van der Waals surface area contributed by atoms with Crippen molar-refractivity contribution in [3.63, 3.8) is 0 Å². The minimum absolute atomic E-state index is 1.11. The summed E-state index contributed by atoms with van der Waals surface area (Å²) in [6.45, 7) is 20.5. The standard InChI is InChI=1S/C42H75N7/c1-7-13-25-40-43-34-37(47(40)31-16-10-4)22-19-28-46(29-20-23-38-35-44-41(26-14-8-2)48(38)32-17-11-5)30-21-24-39-36-45-42(27-15-9-3)49(39)33-18-12-6/h34-36H,7-33H2,1-6H3. The first-order valence-corrected chi connectivity index (χ1v) is 20.9. The normalized spacial score (nSPS) is 11.8. The third kappa shape index (κ3) is 14.0. The molecule has 0 amide bonds. The minimum Gasteiger partial charge on any atom is -0.332 e. The van der Waals surface area contributed by atoms with E-state index in [1.165, 1.54) is 131 Å². The molecular formula is C42H75N7. The predicted molar refractivity (Wildman–Crippen MR) is 209 cm³/mol. The molecule has 0 bridgehead atoms. The van der Waals surface area contributed by atoms with Crippen molar-refractivity contribution >= 4 is 0 Å². The number of hydrogen-bond acceptors (Lipinski definition) is 4. The second kappa shape index (κ2) is 24.7. The maximum Gasteiger partial charge on any atom is 0.108 e. The van der Waals surface area contributed by atoms with E-state index in [9.17, 15) is 0 Å². The molecule has 0 aliphatic rings. The zero-order valence-electron chi connectivity index (χ0n) is 33.0. The van der Waals surface area contributed by atoms with Crippen LogP contribution in [-0.2, 0) is 58.2 Å². The van der Waals surface area contributed by atoms with Gasteiger partial charge in [0.2, 0.25) is 0 Å². The van der Waals surface area contributed by atoms with Gasteiger partial charge in [0.25, 0.3) is 0 Å². The van der Waals surface area contributed by atoms with Gasteiger partial charge in [0.05, 0.1) is 0 Å². The van der Waals surface area contributed by atoms with E-state index in [4.69, 9.17) is 15.0 Å². The van der Waals surface area contributed by atoms with E-state index in [2.05, 4.69) is 78.7 Å². The molecule has 3 aromatic heterocycles. The third-order valence-electron chi connectivity index (χ3n) is 10.3. The molecule has 0 radical (unpaired) electrons. The van der Waals surface area contributed by atoms with Gasteiger partial charge in [-0.15, -0.1) is 0 Å². The summed E-state index contributed by atoms with van der Waals surface area (Å²) in [6, 6.07) is 0. The summed E-state index contributed by atoms with van der Waals surface area (Å²) >= 11 is 0. The average Bonchev–Trinajstić information content (AvgIpc) is 3.81. The molecule has 0 N–H and O–H groups in total. The number of nitrogens with zero attached hydrogens (tertiary/aromatic N) is 7. The summed E-state index contributed by atoms with van der Waals surface area (Å²) in [6.07, 6.45) is 31.6. The number of aryl methyl sites for hydroxylation is 6. The van der Waals surface area contributed by atoms with Crippen molar-refractivity contribution in [2.45, 2.75) is 196 Å². The second-order valence-electron chi connectivity index (χ2n) is 14.5. The summed E-state index contributed by atoms with van der Waals surface area (Å²) < 4.78 is 7.68. The molecule has 0 atom stereocenters. The predicted octanol–water partition coefficient (Wildman–Crippen LogP) is 10.2. The Morgan fingerprint density at radius 1 is 0.388 bits per heavy atom. The van der Waals surface area contributed by atoms with Crippen LogP contribution in [0.4, 0.5) is 0 Å². The molecule has 3 heterocycles. The highest BCUT2D eigenvalue weighted by Crippen LogP contribution is 2.17. The van der Waals surface area contributed by atoms with Crippen LogP contribution in [0, 0.1) is 0 Å². The van der Waals surface area contributed by atoms with Crippen molar-refractivity contribution in [3.8, 4) is 0 Å². The second-order valence-corrected chi connectivity index (χ2v) is 14.5. The Kier molecular flexibility index (Phi) is 20.7. The molecule has 0 aliphatic heterocycles. The maximum atomic E-state index is 4.90. The van der Waals surface area contributed by atoms with E-state index in [0.717, 1.165) is 77.8 Å². The minimum atomic E-state index is 1.11. The van der Waals surface area contributed by atoms with E-state index >= 15 is 0 Å². The fourth-order valence-corrected chi connectivity index (χ4v) is 7.12. The van der Waals surface area contributed by atoms with Crippen LogP contribution in [-0.4, -0.2) is 53.2 Å². The Morgan fingerprint density at radius 3 is 0.939 bits per heavy atom. The van der Waals surface area contributed by atoms with Crippen LogP contribution in [0.1, 0.15) is 172 Å². The van der Waals surface area contributed by atoms with Crippen LogP contribution in [0.2, 0.25) is 0 Å². The highest BCUT2D eigenvalue weighted by Gasteiger charge is 2.15. The van der Waals surface area contributed by atoms with Crippen LogP contribution in [0.5, 0.6) is 0 Å². The van der Waals surface area contributed by atoms with Gasteiger partial charge in [0.1, 0.15) is 17.5 Å². The van der Waals surface area contributed by atoms with Gasteiger partial charge in [-0.1, -0.05) is 80.1 Å². The first kappa shape index (κ1) is 41.0. The van der Waals surface area contributed by atoms with Crippen LogP contribution in [0.3, 0.4) is 0 Å². The van der Waals surface area contributed by atoms with Gasteiger partial charge < -0.3 is 18.6 Å². The fraction of sp³-hybridized carbons (Fsp3) is 0.786. The van der Waals surface area contributed by atoms with Gasteiger partial charge in [0, 0.05) is 74.6 Å². The summed E-state index contributed by atoms with van der Waals surface area (Å²) in [4.78, 5) is 17.5. The molecule has 0 spiro atoms.